The highest BCUT2D eigenvalue weighted by atomic mass is 16.4. The van der Waals surface area contributed by atoms with E-state index < -0.39 is 5.97 Å². The standard InChI is InChI=1S/C16H29NO2/c1-16(2)13(12-15(18)19)8-7-11-17(16)14-9-5-3-4-6-10-14/h13-14H,3-12H2,1-2H3,(H,18,19). The molecule has 19 heavy (non-hydrogen) atoms. The number of carboxylic acid groups (broad SMARTS) is 1. The van der Waals surface area contributed by atoms with E-state index in [-0.39, 0.29) is 5.54 Å². The van der Waals surface area contributed by atoms with E-state index in [1.807, 2.05) is 0 Å². The van der Waals surface area contributed by atoms with Crippen LogP contribution in [0.4, 0.5) is 0 Å². The average Bonchev–Trinajstić information content (AvgIpc) is 2.59. The Bertz CT molecular complexity index is 306. The Morgan fingerprint density at radius 1 is 1.11 bits per heavy atom. The molecular formula is C16H29NO2. The number of carbonyl (C=O) groups is 1. The highest BCUT2D eigenvalue weighted by Crippen LogP contribution is 2.39. The summed E-state index contributed by atoms with van der Waals surface area (Å²) < 4.78 is 0. The van der Waals surface area contributed by atoms with Crippen molar-refractivity contribution < 1.29 is 9.90 Å². The summed E-state index contributed by atoms with van der Waals surface area (Å²) in [6.07, 6.45) is 10.6. The van der Waals surface area contributed by atoms with Crippen molar-refractivity contribution in [3.05, 3.63) is 0 Å². The molecule has 0 amide bonds. The lowest BCUT2D eigenvalue weighted by atomic mass is 9.76. The molecule has 1 saturated heterocycles. The van der Waals surface area contributed by atoms with E-state index in [4.69, 9.17) is 5.11 Å². The Labute approximate surface area is 117 Å². The van der Waals surface area contributed by atoms with E-state index in [1.165, 1.54) is 38.5 Å². The molecule has 1 unspecified atom stereocenters. The molecule has 0 bridgehead atoms. The van der Waals surface area contributed by atoms with Crippen LogP contribution >= 0.6 is 0 Å². The minimum Gasteiger partial charge on any atom is -0.481 e. The Balaban J connectivity index is 2.07. The van der Waals surface area contributed by atoms with Crippen LogP contribution in [0.15, 0.2) is 0 Å². The number of carboxylic acids is 1. The van der Waals surface area contributed by atoms with Crippen LogP contribution in [0.5, 0.6) is 0 Å². The van der Waals surface area contributed by atoms with Crippen molar-refractivity contribution in [2.45, 2.75) is 83.2 Å². The summed E-state index contributed by atoms with van der Waals surface area (Å²) in [7, 11) is 0. The van der Waals surface area contributed by atoms with Crippen molar-refractivity contribution >= 4 is 5.97 Å². The Hall–Kier alpha value is -0.570. The molecule has 2 rings (SSSR count). The Morgan fingerprint density at radius 3 is 2.32 bits per heavy atom. The molecule has 1 saturated carbocycles. The fraction of sp³-hybridized carbons (Fsp3) is 0.938. The van der Waals surface area contributed by atoms with E-state index in [9.17, 15) is 4.79 Å². The molecule has 110 valence electrons. The van der Waals surface area contributed by atoms with Gasteiger partial charge < -0.3 is 5.11 Å². The van der Waals surface area contributed by atoms with Gasteiger partial charge in [0.15, 0.2) is 0 Å². The first-order valence-electron chi connectivity index (χ1n) is 8.00. The van der Waals surface area contributed by atoms with Crippen LogP contribution < -0.4 is 0 Å². The van der Waals surface area contributed by atoms with E-state index in [0.29, 0.717) is 18.4 Å². The third-order valence-corrected chi connectivity index (χ3v) is 5.38. The molecule has 3 nitrogen and oxygen atoms in total. The summed E-state index contributed by atoms with van der Waals surface area (Å²) in [6.45, 7) is 5.70. The third kappa shape index (κ3) is 3.50. The van der Waals surface area contributed by atoms with Gasteiger partial charge in [-0.1, -0.05) is 25.7 Å². The summed E-state index contributed by atoms with van der Waals surface area (Å²) in [5.74, 6) is -0.331. The predicted octanol–water partition coefficient (Wildman–Crippen LogP) is 3.67. The van der Waals surface area contributed by atoms with Crippen molar-refractivity contribution in [1.82, 2.24) is 4.90 Å². The van der Waals surface area contributed by atoms with Gasteiger partial charge in [0.2, 0.25) is 0 Å². The van der Waals surface area contributed by atoms with Crippen LogP contribution in [0.1, 0.15) is 71.6 Å². The Morgan fingerprint density at radius 2 is 1.74 bits per heavy atom. The summed E-state index contributed by atoms with van der Waals surface area (Å²) in [4.78, 5) is 13.7. The van der Waals surface area contributed by atoms with Gasteiger partial charge in [-0.3, -0.25) is 9.69 Å². The summed E-state index contributed by atoms with van der Waals surface area (Å²) >= 11 is 0. The van der Waals surface area contributed by atoms with Crippen LogP contribution in [0.3, 0.4) is 0 Å². The maximum absolute atomic E-state index is 11.1. The van der Waals surface area contributed by atoms with Gasteiger partial charge in [-0.25, -0.2) is 0 Å². The molecule has 1 N–H and O–H groups in total. The molecule has 2 aliphatic rings. The SMILES string of the molecule is CC1(C)C(CC(=O)O)CCCN1C1CCCCCC1. The minimum absolute atomic E-state index is 0.0473. The zero-order valence-electron chi connectivity index (χ0n) is 12.5. The van der Waals surface area contributed by atoms with Crippen LogP contribution in [0.25, 0.3) is 0 Å². The van der Waals surface area contributed by atoms with Gasteiger partial charge in [0.25, 0.3) is 0 Å². The van der Waals surface area contributed by atoms with Gasteiger partial charge in [-0.15, -0.1) is 0 Å². The zero-order chi connectivity index (χ0) is 13.9. The smallest absolute Gasteiger partial charge is 0.303 e. The molecule has 1 atom stereocenters. The van der Waals surface area contributed by atoms with E-state index >= 15 is 0 Å². The fourth-order valence-corrected chi connectivity index (χ4v) is 4.17. The van der Waals surface area contributed by atoms with Crippen LogP contribution in [0.2, 0.25) is 0 Å². The zero-order valence-corrected chi connectivity index (χ0v) is 12.5. The summed E-state index contributed by atoms with van der Waals surface area (Å²) in [5, 5.41) is 9.12. The van der Waals surface area contributed by atoms with Crippen LogP contribution in [-0.4, -0.2) is 34.1 Å². The number of likely N-dealkylation sites (tertiary alicyclic amines) is 1. The number of aliphatic carboxylic acids is 1. The lowest BCUT2D eigenvalue weighted by Gasteiger charge is -2.51. The fourth-order valence-electron chi connectivity index (χ4n) is 4.17. The molecule has 1 heterocycles. The lowest BCUT2D eigenvalue weighted by molar-refractivity contribution is -0.140. The molecule has 1 aliphatic heterocycles. The maximum Gasteiger partial charge on any atom is 0.303 e. The predicted molar refractivity (Wildman–Crippen MR) is 77.3 cm³/mol. The first-order chi connectivity index (χ1) is 9.01. The molecule has 0 radical (unpaired) electrons. The summed E-state index contributed by atoms with van der Waals surface area (Å²) in [5.41, 5.74) is 0.0473. The van der Waals surface area contributed by atoms with Crippen molar-refractivity contribution in [3.63, 3.8) is 0 Å². The molecular weight excluding hydrogens is 238 g/mol. The second-order valence-electron chi connectivity index (χ2n) is 6.93. The van der Waals surface area contributed by atoms with Gasteiger partial charge in [0.05, 0.1) is 0 Å². The van der Waals surface area contributed by atoms with E-state index in [0.717, 1.165) is 19.4 Å². The van der Waals surface area contributed by atoms with Crippen LogP contribution in [0, 0.1) is 5.92 Å². The molecule has 3 heteroatoms. The summed E-state index contributed by atoms with van der Waals surface area (Å²) in [6, 6.07) is 0.689. The average molecular weight is 267 g/mol. The minimum atomic E-state index is -0.638. The first kappa shape index (κ1) is 14.8. The van der Waals surface area contributed by atoms with Gasteiger partial charge in [-0.05, 0) is 52.0 Å². The quantitative estimate of drug-likeness (QED) is 0.793. The molecule has 0 spiro atoms. The second-order valence-corrected chi connectivity index (χ2v) is 6.93. The molecule has 0 aromatic carbocycles. The van der Waals surface area contributed by atoms with Gasteiger partial charge in [0, 0.05) is 18.0 Å². The molecule has 2 fully saturated rings. The number of rotatable bonds is 3. The largest absolute Gasteiger partial charge is 0.481 e. The monoisotopic (exact) mass is 267 g/mol. The van der Waals surface area contributed by atoms with Crippen molar-refractivity contribution in [1.29, 1.82) is 0 Å². The molecule has 1 aliphatic carbocycles. The third-order valence-electron chi connectivity index (χ3n) is 5.38. The highest BCUT2D eigenvalue weighted by Gasteiger charge is 2.42. The number of hydrogen-bond acceptors (Lipinski definition) is 2. The van der Waals surface area contributed by atoms with Crippen molar-refractivity contribution in [2.75, 3.05) is 6.54 Å². The second kappa shape index (κ2) is 6.25. The number of nitrogens with zero attached hydrogens (tertiary/aromatic N) is 1. The number of piperidine rings is 1. The van der Waals surface area contributed by atoms with Crippen LogP contribution in [-0.2, 0) is 4.79 Å². The van der Waals surface area contributed by atoms with Crippen molar-refractivity contribution in [2.24, 2.45) is 5.92 Å². The Kier molecular flexibility index (Phi) is 4.88. The van der Waals surface area contributed by atoms with Crippen molar-refractivity contribution in [3.8, 4) is 0 Å². The lowest BCUT2D eigenvalue weighted by Crippen LogP contribution is -2.57. The topological polar surface area (TPSA) is 40.5 Å². The van der Waals surface area contributed by atoms with Gasteiger partial charge >= 0.3 is 5.97 Å². The molecule has 0 aromatic rings. The normalized spacial score (nSPS) is 29.9. The van der Waals surface area contributed by atoms with Gasteiger partial charge in [0.1, 0.15) is 0 Å². The number of hydrogen-bond donors (Lipinski definition) is 1. The van der Waals surface area contributed by atoms with Gasteiger partial charge in [-0.2, -0.15) is 0 Å². The first-order valence-corrected chi connectivity index (χ1v) is 8.00. The van der Waals surface area contributed by atoms with E-state index in [2.05, 4.69) is 18.7 Å². The van der Waals surface area contributed by atoms with E-state index in [1.54, 1.807) is 0 Å². The highest BCUT2D eigenvalue weighted by molar-refractivity contribution is 5.67. The maximum atomic E-state index is 11.1. The molecule has 0 aromatic heterocycles.